The summed E-state index contributed by atoms with van der Waals surface area (Å²) in [5, 5.41) is 3.67. The van der Waals surface area contributed by atoms with Crippen molar-refractivity contribution in [3.8, 4) is 0 Å². The third-order valence-electron chi connectivity index (χ3n) is 3.38. The van der Waals surface area contributed by atoms with Crippen molar-refractivity contribution in [2.45, 2.75) is 59.0 Å². The van der Waals surface area contributed by atoms with E-state index in [0.717, 1.165) is 0 Å². The second-order valence-electron chi connectivity index (χ2n) is 6.32. The zero-order chi connectivity index (χ0) is 14.5. The largest absolute Gasteiger partial charge is 0.307 e. The van der Waals surface area contributed by atoms with Gasteiger partial charge in [0, 0.05) is 17.8 Å². The Balaban J connectivity index is 2.60. The fraction of sp³-hybridized carbons (Fsp3) is 0.647. The fourth-order valence-corrected chi connectivity index (χ4v) is 2.82. The number of hydrogen-bond donors (Lipinski definition) is 1. The van der Waals surface area contributed by atoms with Crippen LogP contribution in [0.5, 0.6) is 0 Å². The predicted octanol–water partition coefficient (Wildman–Crippen LogP) is 4.78. The molecule has 1 rings (SSSR count). The first-order valence-electron chi connectivity index (χ1n) is 7.28. The van der Waals surface area contributed by atoms with Crippen molar-refractivity contribution in [1.29, 1.82) is 0 Å². The summed E-state index contributed by atoms with van der Waals surface area (Å²) in [6.45, 7) is 13.5. The maximum atomic E-state index is 3.67. The number of thioether (sulfide) groups is 1. The lowest BCUT2D eigenvalue weighted by Crippen LogP contribution is -2.31. The van der Waals surface area contributed by atoms with Gasteiger partial charge >= 0.3 is 0 Å². The van der Waals surface area contributed by atoms with Crippen LogP contribution in [0.15, 0.2) is 24.3 Å². The first-order chi connectivity index (χ1) is 8.84. The predicted molar refractivity (Wildman–Crippen MR) is 89.2 cm³/mol. The lowest BCUT2D eigenvalue weighted by atomic mass is 9.86. The van der Waals surface area contributed by atoms with E-state index in [9.17, 15) is 0 Å². The van der Waals surface area contributed by atoms with Gasteiger partial charge in [0.05, 0.1) is 0 Å². The zero-order valence-electron chi connectivity index (χ0n) is 13.3. The summed E-state index contributed by atoms with van der Waals surface area (Å²) in [5.41, 5.74) is 3.01. The van der Waals surface area contributed by atoms with Gasteiger partial charge in [0.25, 0.3) is 0 Å². The van der Waals surface area contributed by atoms with Crippen molar-refractivity contribution >= 4 is 11.8 Å². The van der Waals surface area contributed by atoms with E-state index in [-0.39, 0.29) is 5.41 Å². The van der Waals surface area contributed by atoms with Crippen LogP contribution in [-0.4, -0.2) is 17.5 Å². The minimum absolute atomic E-state index is 0.236. The number of nitrogens with one attached hydrogen (secondary N) is 1. The molecule has 108 valence electrons. The highest BCUT2D eigenvalue weighted by atomic mass is 32.2. The number of rotatable bonds is 6. The minimum Gasteiger partial charge on any atom is -0.307 e. The van der Waals surface area contributed by atoms with Gasteiger partial charge in [0.1, 0.15) is 0 Å². The van der Waals surface area contributed by atoms with E-state index in [1.807, 2.05) is 11.8 Å². The monoisotopic (exact) mass is 279 g/mol. The maximum absolute atomic E-state index is 3.67. The highest BCUT2D eigenvalue weighted by Crippen LogP contribution is 2.24. The molecule has 1 N–H and O–H groups in total. The standard InChI is InChI=1S/C17H29NS/c1-7-19-12-13(2)18-14(3)15-8-10-16(11-9-15)17(4,5)6/h8-11,13-14,18H,7,12H2,1-6H3. The highest BCUT2D eigenvalue weighted by molar-refractivity contribution is 7.99. The first-order valence-corrected chi connectivity index (χ1v) is 8.44. The lowest BCUT2D eigenvalue weighted by molar-refractivity contribution is 0.510. The van der Waals surface area contributed by atoms with Gasteiger partial charge in [-0.25, -0.2) is 0 Å². The normalized spacial score (nSPS) is 15.3. The molecule has 2 unspecified atom stereocenters. The Morgan fingerprint density at radius 2 is 1.68 bits per heavy atom. The molecule has 0 aromatic heterocycles. The van der Waals surface area contributed by atoms with Crippen LogP contribution in [0.2, 0.25) is 0 Å². The van der Waals surface area contributed by atoms with Gasteiger partial charge in [-0.1, -0.05) is 52.0 Å². The highest BCUT2D eigenvalue weighted by Gasteiger charge is 2.14. The van der Waals surface area contributed by atoms with Crippen molar-refractivity contribution in [1.82, 2.24) is 5.32 Å². The van der Waals surface area contributed by atoms with Crippen molar-refractivity contribution in [2.24, 2.45) is 0 Å². The Morgan fingerprint density at radius 1 is 1.11 bits per heavy atom. The Kier molecular flexibility index (Phi) is 6.41. The van der Waals surface area contributed by atoms with Gasteiger partial charge < -0.3 is 5.32 Å². The van der Waals surface area contributed by atoms with Crippen molar-refractivity contribution in [2.75, 3.05) is 11.5 Å². The smallest absolute Gasteiger partial charge is 0.0294 e. The van der Waals surface area contributed by atoms with E-state index in [0.29, 0.717) is 12.1 Å². The molecule has 0 fully saturated rings. The summed E-state index contributed by atoms with van der Waals surface area (Å²) in [6, 6.07) is 10.0. The Labute approximate surface area is 123 Å². The van der Waals surface area contributed by atoms with Crippen LogP contribution < -0.4 is 5.32 Å². The molecule has 1 aromatic carbocycles. The third kappa shape index (κ3) is 5.58. The molecule has 0 aliphatic carbocycles. The van der Waals surface area contributed by atoms with Gasteiger partial charge in [-0.3, -0.25) is 0 Å². The van der Waals surface area contributed by atoms with Crippen molar-refractivity contribution in [3.63, 3.8) is 0 Å². The minimum atomic E-state index is 0.236. The second kappa shape index (κ2) is 7.35. The van der Waals surface area contributed by atoms with Gasteiger partial charge in [0.2, 0.25) is 0 Å². The van der Waals surface area contributed by atoms with E-state index < -0.39 is 0 Å². The lowest BCUT2D eigenvalue weighted by Gasteiger charge is -2.22. The van der Waals surface area contributed by atoms with Gasteiger partial charge in [-0.2, -0.15) is 11.8 Å². The molecule has 0 saturated carbocycles. The topological polar surface area (TPSA) is 12.0 Å². The Hall–Kier alpha value is -0.470. The van der Waals surface area contributed by atoms with E-state index in [2.05, 4.69) is 71.1 Å². The summed E-state index contributed by atoms with van der Waals surface area (Å²) in [4.78, 5) is 0. The molecule has 2 heteroatoms. The van der Waals surface area contributed by atoms with E-state index in [4.69, 9.17) is 0 Å². The van der Waals surface area contributed by atoms with Crippen LogP contribution in [0.1, 0.15) is 58.7 Å². The molecule has 0 heterocycles. The van der Waals surface area contributed by atoms with E-state index in [1.54, 1.807) is 0 Å². The fourth-order valence-electron chi connectivity index (χ4n) is 2.14. The average molecular weight is 279 g/mol. The maximum Gasteiger partial charge on any atom is 0.0294 e. The molecular weight excluding hydrogens is 250 g/mol. The molecule has 1 aromatic rings. The SMILES string of the molecule is CCSCC(C)NC(C)c1ccc(C(C)(C)C)cc1. The quantitative estimate of drug-likeness (QED) is 0.804. The molecule has 1 nitrogen and oxygen atoms in total. The van der Waals surface area contributed by atoms with Crippen molar-refractivity contribution in [3.05, 3.63) is 35.4 Å². The van der Waals surface area contributed by atoms with Crippen LogP contribution in [0.25, 0.3) is 0 Å². The average Bonchev–Trinajstić information content (AvgIpc) is 2.35. The third-order valence-corrected chi connectivity index (χ3v) is 4.53. The summed E-state index contributed by atoms with van der Waals surface area (Å²) in [6.07, 6.45) is 0. The summed E-state index contributed by atoms with van der Waals surface area (Å²) >= 11 is 2.00. The van der Waals surface area contributed by atoms with Crippen LogP contribution in [0.3, 0.4) is 0 Å². The molecule has 0 bridgehead atoms. The molecule has 0 radical (unpaired) electrons. The van der Waals surface area contributed by atoms with Crippen LogP contribution >= 0.6 is 11.8 Å². The van der Waals surface area contributed by atoms with Crippen LogP contribution in [-0.2, 0) is 5.41 Å². The molecule has 0 aliphatic rings. The van der Waals surface area contributed by atoms with Crippen LogP contribution in [0, 0.1) is 0 Å². The van der Waals surface area contributed by atoms with Crippen LogP contribution in [0.4, 0.5) is 0 Å². The van der Waals surface area contributed by atoms with Gasteiger partial charge in [-0.05, 0) is 36.1 Å². The van der Waals surface area contributed by atoms with E-state index in [1.165, 1.54) is 22.6 Å². The molecule has 0 amide bonds. The van der Waals surface area contributed by atoms with E-state index >= 15 is 0 Å². The zero-order valence-corrected chi connectivity index (χ0v) is 14.1. The molecular formula is C17H29NS. The van der Waals surface area contributed by atoms with Crippen molar-refractivity contribution < 1.29 is 0 Å². The summed E-state index contributed by atoms with van der Waals surface area (Å²) in [7, 11) is 0. The number of benzene rings is 1. The Morgan fingerprint density at radius 3 is 2.16 bits per heavy atom. The molecule has 0 aliphatic heterocycles. The van der Waals surface area contributed by atoms with Gasteiger partial charge in [-0.15, -0.1) is 0 Å². The Bertz CT molecular complexity index is 364. The summed E-state index contributed by atoms with van der Waals surface area (Å²) in [5.74, 6) is 2.38. The van der Waals surface area contributed by atoms with Gasteiger partial charge in [0.15, 0.2) is 0 Å². The second-order valence-corrected chi connectivity index (χ2v) is 7.64. The summed E-state index contributed by atoms with van der Waals surface area (Å²) < 4.78 is 0. The molecule has 19 heavy (non-hydrogen) atoms. The number of hydrogen-bond acceptors (Lipinski definition) is 2. The molecule has 2 atom stereocenters. The first kappa shape index (κ1) is 16.6. The molecule has 0 saturated heterocycles. The molecule has 0 spiro atoms.